The van der Waals surface area contributed by atoms with Gasteiger partial charge in [0.05, 0.1) is 66.9 Å². The van der Waals surface area contributed by atoms with Crippen molar-refractivity contribution in [2.75, 3.05) is 0 Å². The van der Waals surface area contributed by atoms with Crippen LogP contribution in [-0.4, -0.2) is 106 Å². The van der Waals surface area contributed by atoms with E-state index in [1.807, 2.05) is 194 Å². The third kappa shape index (κ3) is 13.1. The van der Waals surface area contributed by atoms with Crippen LogP contribution >= 0.6 is 0 Å². The molecule has 0 fully saturated rings. The number of hydrogen-bond acceptors (Lipinski definition) is 14. The highest BCUT2D eigenvalue weighted by atomic mass is 16.2. The zero-order chi connectivity index (χ0) is 73.5. The summed E-state index contributed by atoms with van der Waals surface area (Å²) in [7, 11) is 0. The van der Waals surface area contributed by atoms with Crippen LogP contribution < -0.4 is 21.7 Å². The Labute approximate surface area is 613 Å². The monoisotopic (exact) mass is 1410 g/mol. The van der Waals surface area contributed by atoms with Crippen molar-refractivity contribution < 1.29 is 19.2 Å². The minimum absolute atomic E-state index is 0.355. The van der Waals surface area contributed by atoms with Gasteiger partial charge in [0.15, 0.2) is 23.3 Å². The topological polar surface area (TPSA) is 338 Å². The van der Waals surface area contributed by atoms with Gasteiger partial charge < -0.3 is 29.9 Å². The summed E-state index contributed by atoms with van der Waals surface area (Å²) in [6.45, 7) is 7.08. The number of nitrogens with zero attached hydrogens (tertiary/aromatic N) is 10. The predicted molar refractivity (Wildman–Crippen MR) is 424 cm³/mol. The van der Waals surface area contributed by atoms with Gasteiger partial charge in [0, 0.05) is 66.6 Å². The predicted octanol–water partition coefficient (Wildman–Crippen LogP) is 15.4. The van der Waals surface area contributed by atoms with Gasteiger partial charge in [-0.3, -0.25) is 19.2 Å². The second kappa shape index (κ2) is 27.9. The third-order valence-corrected chi connectivity index (χ3v) is 18.7. The summed E-state index contributed by atoms with van der Waals surface area (Å²) in [5.74, 6) is 0.404. The molecule has 9 heterocycles. The molecule has 24 heteroatoms. The van der Waals surface area contributed by atoms with Crippen molar-refractivity contribution in [3.63, 3.8) is 0 Å². The minimum Gasteiger partial charge on any atom is -0.354 e. The van der Waals surface area contributed by atoms with E-state index in [4.69, 9.17) is 9.97 Å². The fourth-order valence-electron chi connectivity index (χ4n) is 13.1. The summed E-state index contributed by atoms with van der Waals surface area (Å²) < 4.78 is 0. The van der Waals surface area contributed by atoms with Crippen molar-refractivity contribution in [1.82, 2.24) is 81.5 Å². The van der Waals surface area contributed by atoms with E-state index in [9.17, 15) is 19.2 Å². The van der Waals surface area contributed by atoms with Crippen molar-refractivity contribution in [3.8, 4) is 44.5 Å². The fourth-order valence-corrected chi connectivity index (χ4v) is 13.1. The maximum atomic E-state index is 13.9. The number of amides is 4. The molecule has 0 atom stereocenters. The van der Waals surface area contributed by atoms with E-state index in [0.717, 1.165) is 66.4 Å². The second-order valence-corrected chi connectivity index (χ2v) is 25.8. The average molecular weight is 1420 g/mol. The Morgan fingerprint density at radius 2 is 0.463 bits per heavy atom. The molecule has 8 bridgehead atoms. The number of hydrogen-bond donors (Lipinski definition) is 10. The SMILES string of the molecule is C/C(=N/NC(=O)c1ccc(-c2c3nc(c(-c4ccc(C(=O)N/N=C(\C)c5nc6ccccc6[nH]5)cc4)c4ccc([nH]4)c(-c4ccc(C(=O)N/N=C(/C)c5nc6ccccc6[nH]5)cc4)c4nc(c(-c5ccc(C(=O)N/N=C(\C)c6nc7ccccc7[nH]6)cc5)c5ccc2[nH]5)C=C4)C=C3)cc1)c1nc2ccccc2[nH]1. The van der Waals surface area contributed by atoms with Crippen molar-refractivity contribution >= 4 is 137 Å². The Bertz CT molecular complexity index is 5640. The lowest BCUT2D eigenvalue weighted by atomic mass is 10.0. The van der Waals surface area contributed by atoms with E-state index in [1.54, 1.807) is 76.2 Å². The van der Waals surface area contributed by atoms with E-state index in [2.05, 4.69) is 91.9 Å². The van der Waals surface area contributed by atoms with Crippen molar-refractivity contribution in [2.45, 2.75) is 27.7 Å². The molecule has 0 spiro atoms. The normalized spacial score (nSPS) is 12.6. The quantitative estimate of drug-likeness (QED) is 0.0322. The Hall–Kier alpha value is -15.2. The maximum Gasteiger partial charge on any atom is 0.271 e. The summed E-state index contributed by atoms with van der Waals surface area (Å²) in [5, 5.41) is 17.6. The zero-order valence-electron chi connectivity index (χ0n) is 58.2. The lowest BCUT2D eigenvalue weighted by molar-refractivity contribution is 0.0947. The molecule has 0 saturated carbocycles. The maximum absolute atomic E-state index is 13.9. The first-order valence-corrected chi connectivity index (χ1v) is 34.5. The zero-order valence-corrected chi connectivity index (χ0v) is 58.2. The van der Waals surface area contributed by atoms with Gasteiger partial charge in [0.25, 0.3) is 23.6 Å². The number of fused-ring (bicyclic) bond motifs is 12. The number of rotatable bonds is 16. The van der Waals surface area contributed by atoms with E-state index >= 15 is 0 Å². The number of nitrogens with one attached hydrogen (secondary N) is 10. The van der Waals surface area contributed by atoms with E-state index in [1.165, 1.54) is 0 Å². The van der Waals surface area contributed by atoms with E-state index in [-0.39, 0.29) is 0 Å². The molecule has 10 N–H and O–H groups in total. The molecule has 8 aromatic carbocycles. The van der Waals surface area contributed by atoms with Crippen LogP contribution in [0.4, 0.5) is 0 Å². The molecule has 7 aromatic heterocycles. The van der Waals surface area contributed by atoms with Gasteiger partial charge in [0.1, 0.15) is 22.8 Å². The number of aromatic nitrogens is 12. The molecule has 2 aliphatic rings. The van der Waals surface area contributed by atoms with Gasteiger partial charge in [-0.25, -0.2) is 51.6 Å². The average Bonchev–Trinajstić information content (AvgIpc) is 1.60. The third-order valence-electron chi connectivity index (χ3n) is 18.7. The molecule has 522 valence electrons. The number of para-hydroxylation sites is 8. The smallest absolute Gasteiger partial charge is 0.271 e. The molecule has 2 aliphatic heterocycles. The lowest BCUT2D eigenvalue weighted by Gasteiger charge is -2.09. The number of hydrazone groups is 4. The van der Waals surface area contributed by atoms with Gasteiger partial charge >= 0.3 is 0 Å². The Morgan fingerprint density at radius 3 is 0.676 bits per heavy atom. The van der Waals surface area contributed by atoms with Crippen LogP contribution in [0.5, 0.6) is 0 Å². The summed E-state index contributed by atoms with van der Waals surface area (Å²) in [4.78, 5) is 106. The number of benzene rings is 8. The second-order valence-electron chi connectivity index (χ2n) is 25.8. The van der Waals surface area contributed by atoms with Gasteiger partial charge in [-0.05, 0) is 196 Å². The van der Waals surface area contributed by atoms with Crippen LogP contribution in [0.15, 0.2) is 239 Å². The first kappa shape index (κ1) is 66.1. The largest absolute Gasteiger partial charge is 0.354 e. The van der Waals surface area contributed by atoms with Gasteiger partial charge in [-0.15, -0.1) is 0 Å². The summed E-state index contributed by atoms with van der Waals surface area (Å²) in [5.41, 5.74) is 31.5. The van der Waals surface area contributed by atoms with Crippen LogP contribution in [0.25, 0.3) is 135 Å². The molecular formula is C84H62N20O4. The molecular weight excluding hydrogens is 1350 g/mol. The molecule has 0 unspecified atom stereocenters. The minimum atomic E-state index is -0.429. The number of aromatic amines is 6. The van der Waals surface area contributed by atoms with Gasteiger partial charge in [0.2, 0.25) is 0 Å². The van der Waals surface area contributed by atoms with Crippen LogP contribution in [0.1, 0.15) is 115 Å². The highest BCUT2D eigenvalue weighted by Crippen LogP contribution is 2.39. The molecule has 0 radical (unpaired) electrons. The number of carbonyl (C=O) groups is 4. The first-order valence-electron chi connectivity index (χ1n) is 34.5. The van der Waals surface area contributed by atoms with Crippen LogP contribution in [0.2, 0.25) is 0 Å². The highest BCUT2D eigenvalue weighted by molar-refractivity contribution is 6.07. The molecule has 0 aliphatic carbocycles. The number of imidazole rings is 4. The number of H-pyrrole nitrogens is 6. The van der Waals surface area contributed by atoms with Crippen LogP contribution in [0.3, 0.4) is 0 Å². The van der Waals surface area contributed by atoms with Crippen LogP contribution in [-0.2, 0) is 0 Å². The van der Waals surface area contributed by atoms with Crippen LogP contribution in [0, 0.1) is 0 Å². The lowest BCUT2D eigenvalue weighted by Crippen LogP contribution is -2.19. The Balaban J connectivity index is 0.790. The van der Waals surface area contributed by atoms with Gasteiger partial charge in [-0.2, -0.15) is 20.4 Å². The van der Waals surface area contributed by atoms with E-state index < -0.39 is 23.6 Å². The molecule has 4 amide bonds. The summed E-state index contributed by atoms with van der Waals surface area (Å²) in [6, 6.07) is 67.5. The molecule has 24 nitrogen and oxygen atoms in total. The summed E-state index contributed by atoms with van der Waals surface area (Å²) >= 11 is 0. The van der Waals surface area contributed by atoms with Gasteiger partial charge in [-0.1, -0.05) is 97.1 Å². The standard InChI is InChI=1S/C84H62N20O4/c1-45(77-89-57-13-5-6-14-58(57)90-77)97-101-81(105)53-29-21-49(22-30-53)73-65-37-39-67(85-65)74(50-23-31-54(32-24-50)82(106)102-98-46(2)78-91-59-15-7-8-16-60(59)92-78)69-41-43-71(87-69)76(52-27-35-56(36-28-52)84(108)104-100-48(4)80-95-63-19-11-12-20-64(63)96-80)72-44-42-70(88-72)75(68-40-38-66(73)86-68)51-25-33-55(34-26-51)83(107)103-99-47(3)79-93-61-17-9-10-18-62(61)94-79/h5-44,85,88H,1-4H3,(H,89,90)(H,91,92)(H,93,94)(H,95,96)(H,101,105)(H,102,106)(H,103,107)(H,104,108)/b73-65?,73-66?,74-67?,74-69?,75-68?,75-70?,76-71?,76-72?,97-45-,98-46+,99-47+,100-48-. The Morgan fingerprint density at radius 1 is 0.250 bits per heavy atom. The van der Waals surface area contributed by atoms with Crippen molar-refractivity contribution in [1.29, 1.82) is 0 Å². The van der Waals surface area contributed by atoms with Crippen molar-refractivity contribution in [2.24, 2.45) is 20.4 Å². The fraction of sp³-hybridized carbons (Fsp3) is 0.0476. The molecule has 108 heavy (non-hydrogen) atoms. The first-order chi connectivity index (χ1) is 52.7. The Kier molecular flexibility index (Phi) is 17.0. The summed E-state index contributed by atoms with van der Waals surface area (Å²) in [6.07, 6.45) is 7.82. The highest BCUT2D eigenvalue weighted by Gasteiger charge is 2.22. The number of carbonyl (C=O) groups excluding carboxylic acids is 4. The molecule has 17 rings (SSSR count). The molecule has 0 saturated heterocycles. The van der Waals surface area contributed by atoms with Crippen molar-refractivity contribution in [3.05, 3.63) is 287 Å². The molecule has 15 aromatic rings. The van der Waals surface area contributed by atoms with E-state index in [0.29, 0.717) is 135 Å².